The number of hydrazine groups is 2. The molecule has 2 saturated carbocycles. The van der Waals surface area contributed by atoms with Gasteiger partial charge in [-0.1, -0.05) is 25.0 Å². The Morgan fingerprint density at radius 1 is 1.02 bits per heavy atom. The second kappa shape index (κ2) is 15.7. The molecule has 3 unspecified atom stereocenters. The number of amides is 3. The van der Waals surface area contributed by atoms with E-state index in [1.165, 1.54) is 0 Å². The van der Waals surface area contributed by atoms with Gasteiger partial charge < -0.3 is 30.1 Å². The van der Waals surface area contributed by atoms with Crippen LogP contribution in [0.15, 0.2) is 12.2 Å². The van der Waals surface area contributed by atoms with Crippen LogP contribution in [0.4, 0.5) is 4.79 Å². The zero-order valence-corrected chi connectivity index (χ0v) is 31.0. The number of hydrogen-bond donors (Lipinski definition) is 5. The van der Waals surface area contributed by atoms with Crippen LogP contribution in [0, 0.1) is 17.8 Å². The maximum Gasteiger partial charge on any atom is 0.408 e. The molecular weight excluding hydrogens is 660 g/mol. The number of carbonyl (C=O) groups is 4. The maximum atomic E-state index is 14.5. The van der Waals surface area contributed by atoms with Crippen molar-refractivity contribution in [2.75, 3.05) is 25.2 Å². The number of carboxylic acid groups (broad SMARTS) is 1. The molecule has 4 heterocycles. The molecule has 0 aromatic heterocycles. The van der Waals surface area contributed by atoms with E-state index < -0.39 is 41.2 Å². The highest BCUT2D eigenvalue weighted by molar-refractivity contribution is 7.99. The van der Waals surface area contributed by atoms with Crippen LogP contribution in [0.1, 0.15) is 97.8 Å². The number of nitrogens with one attached hydrogen (secondary N) is 4. The Kier molecular flexibility index (Phi) is 11.7. The van der Waals surface area contributed by atoms with Crippen molar-refractivity contribution < 1.29 is 33.8 Å². The Balaban J connectivity index is 1.25. The van der Waals surface area contributed by atoms with Crippen LogP contribution in [-0.2, 0) is 23.9 Å². The first kappa shape index (κ1) is 37.4. The van der Waals surface area contributed by atoms with Crippen LogP contribution in [0.5, 0.6) is 0 Å². The fourth-order valence-electron chi connectivity index (χ4n) is 8.76. The number of hydrogen-bond acceptors (Lipinski definition) is 10. The number of aliphatic carboxylic acids is 1. The van der Waals surface area contributed by atoms with Gasteiger partial charge in [0, 0.05) is 31.7 Å². The highest BCUT2D eigenvalue weighted by atomic mass is 32.2. The Bertz CT molecular complexity index is 1280. The average Bonchev–Trinajstić information content (AvgIpc) is 3.52. The number of alkyl carbamates (subject to hydrolysis) is 1. The van der Waals surface area contributed by atoms with Crippen molar-refractivity contribution in [3.63, 3.8) is 0 Å². The molecule has 0 aromatic rings. The summed E-state index contributed by atoms with van der Waals surface area (Å²) in [5, 5.41) is 18.0. The summed E-state index contributed by atoms with van der Waals surface area (Å²) >= 11 is 1.99. The molecular formula is C36H58N6O7S. The second-order valence-corrected chi connectivity index (χ2v) is 17.5. The van der Waals surface area contributed by atoms with Gasteiger partial charge in [0.05, 0.1) is 12.1 Å². The van der Waals surface area contributed by atoms with E-state index in [0.717, 1.165) is 62.9 Å². The highest BCUT2D eigenvalue weighted by Crippen LogP contribution is 2.45. The lowest BCUT2D eigenvalue weighted by Crippen LogP contribution is -2.56. The van der Waals surface area contributed by atoms with Gasteiger partial charge in [-0.15, -0.1) is 0 Å². The zero-order valence-electron chi connectivity index (χ0n) is 30.2. The Morgan fingerprint density at radius 2 is 1.76 bits per heavy atom. The number of allylic oxidation sites excluding steroid dienone is 1. The van der Waals surface area contributed by atoms with Crippen LogP contribution in [0.3, 0.4) is 0 Å². The van der Waals surface area contributed by atoms with Gasteiger partial charge in [-0.2, -0.15) is 16.9 Å². The normalized spacial score (nSPS) is 39.4. The molecule has 6 aliphatic rings. The van der Waals surface area contributed by atoms with Crippen molar-refractivity contribution in [2.24, 2.45) is 17.8 Å². The summed E-state index contributed by atoms with van der Waals surface area (Å²) < 4.78 is 11.2. The lowest BCUT2D eigenvalue weighted by atomic mass is 9.77. The topological polar surface area (TPSA) is 162 Å². The first-order valence-electron chi connectivity index (χ1n) is 18.8. The highest BCUT2D eigenvalue weighted by Gasteiger charge is 2.61. The number of carboxylic acids is 1. The largest absolute Gasteiger partial charge is 0.479 e. The lowest BCUT2D eigenvalue weighted by molar-refractivity contribution is -0.145. The molecule has 2 aliphatic carbocycles. The summed E-state index contributed by atoms with van der Waals surface area (Å²) in [5.41, 5.74) is 5.51. The molecule has 3 saturated heterocycles. The molecule has 5 fully saturated rings. The summed E-state index contributed by atoms with van der Waals surface area (Å²) in [5.74, 6) is 1.06. The molecule has 0 spiro atoms. The standard InChI is InChI=1S/C36H58N6O7S/c1-35(2,3)49-34(47)37-27-11-9-7-5-6-8-10-24-19-36(24,33(45)46)38-31(43)28-18-25(20-41(28)32(27)44)42-39-29(22-12-14-26(48-4)15-13-22)30(40-42)23-16-17-50-21-23/h8,10,22-30,39-40H,5-7,9,11-21H2,1-4H3,(H,37,47)(H,38,43)(H,45,46)/b10-8-/t22?,23?,24-,25+,26?,27+,28+,29?,30?,36-/m1/s1. The van der Waals surface area contributed by atoms with Gasteiger partial charge >= 0.3 is 12.1 Å². The third-order valence-electron chi connectivity index (χ3n) is 11.7. The summed E-state index contributed by atoms with van der Waals surface area (Å²) in [6.45, 7) is 5.58. The Labute approximate surface area is 300 Å². The molecule has 0 bridgehead atoms. The number of fused-ring (bicyclic) bond motifs is 2. The van der Waals surface area contributed by atoms with E-state index in [1.54, 1.807) is 32.8 Å². The Morgan fingerprint density at radius 3 is 2.42 bits per heavy atom. The molecule has 13 nitrogen and oxygen atoms in total. The molecule has 14 heteroatoms. The van der Waals surface area contributed by atoms with Crippen molar-refractivity contribution >= 4 is 35.6 Å². The van der Waals surface area contributed by atoms with Gasteiger partial charge in [-0.3, -0.25) is 9.59 Å². The minimum atomic E-state index is -1.38. The summed E-state index contributed by atoms with van der Waals surface area (Å²) in [4.78, 5) is 55.8. The fourth-order valence-corrected chi connectivity index (χ4v) is 10.1. The minimum Gasteiger partial charge on any atom is -0.479 e. The molecule has 280 valence electrons. The molecule has 3 amide bonds. The van der Waals surface area contributed by atoms with Crippen LogP contribution >= 0.6 is 11.8 Å². The molecule has 6 rings (SSSR count). The van der Waals surface area contributed by atoms with Gasteiger partial charge in [0.2, 0.25) is 11.8 Å². The van der Waals surface area contributed by atoms with E-state index in [-0.39, 0.29) is 36.5 Å². The first-order chi connectivity index (χ1) is 23.9. The maximum absolute atomic E-state index is 14.5. The zero-order chi connectivity index (χ0) is 35.6. The number of methoxy groups -OCH3 is 1. The number of carbonyl (C=O) groups excluding carboxylic acids is 3. The smallest absolute Gasteiger partial charge is 0.408 e. The van der Waals surface area contributed by atoms with Crippen LogP contribution in [0.2, 0.25) is 0 Å². The fraction of sp³-hybridized carbons (Fsp3) is 0.833. The summed E-state index contributed by atoms with van der Waals surface area (Å²) in [7, 11) is 1.79. The summed E-state index contributed by atoms with van der Waals surface area (Å²) in [6, 6.07) is -1.58. The number of ether oxygens (including phenoxy) is 2. The molecule has 5 N–H and O–H groups in total. The predicted molar refractivity (Wildman–Crippen MR) is 190 cm³/mol. The Hall–Kier alpha value is -2.39. The molecule has 8 atom stereocenters. The van der Waals surface area contributed by atoms with Gasteiger partial charge in [0.25, 0.3) is 0 Å². The van der Waals surface area contributed by atoms with Crippen molar-refractivity contribution in [1.82, 2.24) is 31.5 Å². The number of thioether (sulfide) groups is 1. The van der Waals surface area contributed by atoms with Gasteiger partial charge in [-0.05, 0) is 108 Å². The predicted octanol–water partition coefficient (Wildman–Crippen LogP) is 3.35. The van der Waals surface area contributed by atoms with Gasteiger partial charge in [0.1, 0.15) is 23.2 Å². The average molecular weight is 719 g/mol. The third kappa shape index (κ3) is 8.46. The van der Waals surface area contributed by atoms with E-state index in [0.29, 0.717) is 43.6 Å². The quantitative estimate of drug-likeness (QED) is 0.256. The van der Waals surface area contributed by atoms with E-state index in [4.69, 9.17) is 9.47 Å². The number of nitrogens with zero attached hydrogens (tertiary/aromatic N) is 2. The molecule has 50 heavy (non-hydrogen) atoms. The van der Waals surface area contributed by atoms with E-state index in [9.17, 15) is 24.3 Å². The van der Waals surface area contributed by atoms with Crippen LogP contribution in [0.25, 0.3) is 0 Å². The van der Waals surface area contributed by atoms with Crippen molar-refractivity contribution in [3.05, 3.63) is 12.2 Å². The lowest BCUT2D eigenvalue weighted by Gasteiger charge is -2.35. The van der Waals surface area contributed by atoms with E-state index in [1.807, 2.05) is 23.9 Å². The molecule has 4 aliphatic heterocycles. The van der Waals surface area contributed by atoms with Gasteiger partial charge in [0.15, 0.2) is 0 Å². The SMILES string of the molecule is COC1CCC(C2NN([C@H]3C[C@H]4C(=O)N[C@]5(C(=O)O)C[C@H]5/C=C\CCCCC[C@H](NC(=O)OC(C)(C)C)C(=O)N4C3)NC2C2CCSC2)CC1. The molecule has 0 aromatic carbocycles. The van der Waals surface area contributed by atoms with E-state index in [2.05, 4.69) is 26.6 Å². The summed E-state index contributed by atoms with van der Waals surface area (Å²) in [6.07, 6.45) is 13.2. The van der Waals surface area contributed by atoms with Crippen molar-refractivity contribution in [2.45, 2.75) is 145 Å². The van der Waals surface area contributed by atoms with Crippen molar-refractivity contribution in [1.29, 1.82) is 0 Å². The monoisotopic (exact) mass is 718 g/mol. The van der Waals surface area contributed by atoms with E-state index >= 15 is 0 Å². The third-order valence-corrected chi connectivity index (χ3v) is 12.9. The first-order valence-corrected chi connectivity index (χ1v) is 20.0. The van der Waals surface area contributed by atoms with Crippen LogP contribution < -0.4 is 21.5 Å². The van der Waals surface area contributed by atoms with Gasteiger partial charge in [-0.25, -0.2) is 20.4 Å². The van der Waals surface area contributed by atoms with Crippen LogP contribution in [-0.4, -0.2) is 112 Å². The van der Waals surface area contributed by atoms with Crippen molar-refractivity contribution in [3.8, 4) is 0 Å². The minimum absolute atomic E-state index is 0.218. The number of rotatable bonds is 6. The second-order valence-electron chi connectivity index (χ2n) is 16.3. The molecule has 0 radical (unpaired) electrons.